The van der Waals surface area contributed by atoms with E-state index >= 15 is 0 Å². The van der Waals surface area contributed by atoms with Gasteiger partial charge in [-0.1, -0.05) is 30.2 Å². The van der Waals surface area contributed by atoms with E-state index in [2.05, 4.69) is 17.2 Å². The van der Waals surface area contributed by atoms with E-state index < -0.39 is 27.9 Å². The summed E-state index contributed by atoms with van der Waals surface area (Å²) in [5, 5.41) is 7.39. The number of halogens is 3. The number of hydrogen-bond acceptors (Lipinski definition) is 4. The molecular formula is C21H17F3N2O4S. The maximum absolute atomic E-state index is 14.0. The van der Waals surface area contributed by atoms with Crippen LogP contribution in [0, 0.1) is 17.8 Å². The Morgan fingerprint density at radius 1 is 1.13 bits per heavy atom. The monoisotopic (exact) mass is 450 g/mol. The van der Waals surface area contributed by atoms with E-state index in [1.165, 1.54) is 30.3 Å². The molecule has 1 fully saturated rings. The molecule has 2 aliphatic rings. The average Bonchev–Trinajstić information content (AvgIpc) is 3.49. The third-order valence-corrected chi connectivity index (χ3v) is 5.96. The lowest BCUT2D eigenvalue weighted by Crippen LogP contribution is -2.49. The summed E-state index contributed by atoms with van der Waals surface area (Å²) in [7, 11) is -3.83. The Morgan fingerprint density at radius 2 is 1.77 bits per heavy atom. The highest BCUT2D eigenvalue weighted by Gasteiger charge is 2.62. The summed E-state index contributed by atoms with van der Waals surface area (Å²) in [6, 6.07) is 9.98. The van der Waals surface area contributed by atoms with Gasteiger partial charge in [0.2, 0.25) is 10.0 Å². The molecule has 0 bridgehead atoms. The fraction of sp³-hybridized carbons (Fsp3) is 0.286. The number of alkyl halides is 3. The second kappa shape index (κ2) is 7.28. The largest absolute Gasteiger partial charge is 0.445 e. The molecular weight excluding hydrogens is 433 g/mol. The number of carbonyl (C=O) groups excluding carboxylic acids is 1. The van der Waals surface area contributed by atoms with Crippen molar-refractivity contribution in [3.8, 4) is 11.8 Å². The summed E-state index contributed by atoms with van der Waals surface area (Å²) >= 11 is 0. The van der Waals surface area contributed by atoms with Gasteiger partial charge in [0.1, 0.15) is 0 Å². The molecule has 0 spiro atoms. The molecule has 0 radical (unpaired) electrons. The number of carbonyl (C=O) groups is 1. The Hall–Kier alpha value is -3.03. The van der Waals surface area contributed by atoms with Gasteiger partial charge in [-0.05, 0) is 54.5 Å². The van der Waals surface area contributed by atoms with Gasteiger partial charge in [-0.2, -0.15) is 13.2 Å². The van der Waals surface area contributed by atoms with Crippen LogP contribution in [0.25, 0.3) is 0 Å². The summed E-state index contributed by atoms with van der Waals surface area (Å²) < 4.78 is 69.5. The van der Waals surface area contributed by atoms with Crippen LogP contribution in [0.5, 0.6) is 0 Å². The van der Waals surface area contributed by atoms with Crippen LogP contribution in [-0.2, 0) is 26.8 Å². The number of fused-ring (bicyclic) bond motifs is 1. The quantitative estimate of drug-likeness (QED) is 0.698. The molecule has 1 aliphatic heterocycles. The lowest BCUT2D eigenvalue weighted by atomic mass is 9.88. The maximum Gasteiger partial charge on any atom is 0.445 e. The molecule has 1 heterocycles. The SMILES string of the molecule is NS(=O)(=O)c1ccc(Cc2ccc3c(c2)NC(=O)O[C@@]3(C#CC2CC2)C(F)(F)F)cc1. The van der Waals surface area contributed by atoms with Gasteiger partial charge in [-0.3, -0.25) is 5.32 Å². The third kappa shape index (κ3) is 4.24. The highest BCUT2D eigenvalue weighted by Crippen LogP contribution is 2.47. The fourth-order valence-corrected chi connectivity index (χ4v) is 3.80. The molecule has 0 aromatic heterocycles. The Kier molecular flexibility index (Phi) is 4.98. The highest BCUT2D eigenvalue weighted by atomic mass is 32.2. The van der Waals surface area contributed by atoms with Crippen molar-refractivity contribution in [2.75, 3.05) is 5.32 Å². The van der Waals surface area contributed by atoms with E-state index in [9.17, 15) is 26.4 Å². The van der Waals surface area contributed by atoms with Gasteiger partial charge in [0.25, 0.3) is 5.60 Å². The van der Waals surface area contributed by atoms with Crippen LogP contribution in [0.1, 0.15) is 29.5 Å². The minimum atomic E-state index is -4.92. The first-order valence-corrected chi connectivity index (χ1v) is 10.9. The zero-order valence-corrected chi connectivity index (χ0v) is 16.8. The van der Waals surface area contributed by atoms with Crippen molar-refractivity contribution in [2.24, 2.45) is 11.1 Å². The lowest BCUT2D eigenvalue weighted by Gasteiger charge is -2.36. The number of cyclic esters (lactones) is 1. The van der Waals surface area contributed by atoms with Crippen LogP contribution in [0.3, 0.4) is 0 Å². The van der Waals surface area contributed by atoms with Gasteiger partial charge in [-0.25, -0.2) is 18.4 Å². The Bertz CT molecular complexity index is 1210. The zero-order chi connectivity index (χ0) is 22.4. The summed E-state index contributed by atoms with van der Waals surface area (Å²) in [6.45, 7) is 0. The zero-order valence-electron chi connectivity index (χ0n) is 16.0. The lowest BCUT2D eigenvalue weighted by molar-refractivity contribution is -0.239. The van der Waals surface area contributed by atoms with Crippen molar-refractivity contribution in [1.29, 1.82) is 0 Å². The number of primary sulfonamides is 1. The molecule has 1 atom stereocenters. The molecule has 31 heavy (non-hydrogen) atoms. The number of ether oxygens (including phenoxy) is 1. The minimum absolute atomic E-state index is 0.0303. The van der Waals surface area contributed by atoms with Gasteiger partial charge < -0.3 is 4.74 Å². The molecule has 162 valence electrons. The number of sulfonamides is 1. The summed E-state index contributed by atoms with van der Waals surface area (Å²) in [5.41, 5.74) is -2.02. The Labute approximate surface area is 176 Å². The number of nitrogens with one attached hydrogen (secondary N) is 1. The van der Waals surface area contributed by atoms with E-state index in [0.29, 0.717) is 17.5 Å². The second-order valence-electron chi connectivity index (χ2n) is 7.48. The topological polar surface area (TPSA) is 98.5 Å². The van der Waals surface area contributed by atoms with Gasteiger partial charge in [0.05, 0.1) is 10.6 Å². The number of nitrogens with two attached hydrogens (primary N) is 1. The second-order valence-corrected chi connectivity index (χ2v) is 9.04. The molecule has 3 N–H and O–H groups in total. The number of benzene rings is 2. The fourth-order valence-electron chi connectivity index (χ4n) is 3.28. The van der Waals surface area contributed by atoms with Crippen molar-refractivity contribution in [3.05, 3.63) is 59.2 Å². The predicted octanol–water partition coefficient (Wildman–Crippen LogP) is 3.66. The van der Waals surface area contributed by atoms with Crippen molar-refractivity contribution < 1.29 is 31.1 Å². The molecule has 10 heteroatoms. The minimum Gasteiger partial charge on any atom is -0.415 e. The molecule has 0 saturated heterocycles. The van der Waals surface area contributed by atoms with E-state index in [1.807, 2.05) is 0 Å². The van der Waals surface area contributed by atoms with E-state index in [1.54, 1.807) is 12.1 Å². The smallest absolute Gasteiger partial charge is 0.415 e. The Balaban J connectivity index is 1.69. The van der Waals surface area contributed by atoms with Crippen LogP contribution >= 0.6 is 0 Å². The van der Waals surface area contributed by atoms with Crippen molar-refractivity contribution in [1.82, 2.24) is 0 Å². The summed E-state index contributed by atoms with van der Waals surface area (Å²) in [5.74, 6) is 4.64. The van der Waals surface area contributed by atoms with E-state index in [-0.39, 0.29) is 22.1 Å². The molecule has 1 aliphatic carbocycles. The molecule has 2 aromatic carbocycles. The van der Waals surface area contributed by atoms with Gasteiger partial charge >= 0.3 is 12.3 Å². The number of amides is 1. The van der Waals surface area contributed by atoms with Crippen molar-refractivity contribution in [3.63, 3.8) is 0 Å². The van der Waals surface area contributed by atoms with Crippen LogP contribution < -0.4 is 10.5 Å². The molecule has 1 saturated carbocycles. The first-order valence-electron chi connectivity index (χ1n) is 9.32. The molecule has 6 nitrogen and oxygen atoms in total. The molecule has 0 unspecified atom stereocenters. The van der Waals surface area contributed by atoms with Crippen LogP contribution in [-0.4, -0.2) is 20.7 Å². The number of rotatable bonds is 3. The standard InChI is InChI=1S/C21H17F3N2O4S/c22-21(23,24)20(10-9-13-1-2-13)17-8-5-15(12-18(17)26-19(27)30-20)11-14-3-6-16(7-4-14)31(25,28)29/h3-8,12-13H,1-2,11H2,(H,26,27)(H2,25,28,29)/t20-/m1/s1. The first-order chi connectivity index (χ1) is 14.5. The van der Waals surface area contributed by atoms with Crippen molar-refractivity contribution >= 4 is 21.8 Å². The number of hydrogen-bond donors (Lipinski definition) is 2. The van der Waals surface area contributed by atoms with Crippen LogP contribution in [0.15, 0.2) is 47.4 Å². The molecule has 4 rings (SSSR count). The van der Waals surface area contributed by atoms with E-state index in [4.69, 9.17) is 9.88 Å². The van der Waals surface area contributed by atoms with E-state index in [0.717, 1.165) is 12.8 Å². The highest BCUT2D eigenvalue weighted by molar-refractivity contribution is 7.89. The normalized spacial score (nSPS) is 20.7. The van der Waals surface area contributed by atoms with Gasteiger partial charge in [-0.15, -0.1) is 0 Å². The van der Waals surface area contributed by atoms with Crippen LogP contribution in [0.4, 0.5) is 23.7 Å². The number of anilines is 1. The molecule has 1 amide bonds. The van der Waals surface area contributed by atoms with Crippen LogP contribution in [0.2, 0.25) is 0 Å². The van der Waals surface area contributed by atoms with Gasteiger partial charge in [0.15, 0.2) is 0 Å². The van der Waals surface area contributed by atoms with Crippen molar-refractivity contribution in [2.45, 2.75) is 35.9 Å². The average molecular weight is 450 g/mol. The summed E-state index contributed by atoms with van der Waals surface area (Å²) in [4.78, 5) is 11.9. The maximum atomic E-state index is 14.0. The first kappa shape index (κ1) is 21.2. The molecule has 2 aromatic rings. The van der Waals surface area contributed by atoms with Gasteiger partial charge in [0, 0.05) is 11.5 Å². The third-order valence-electron chi connectivity index (χ3n) is 5.03. The Morgan fingerprint density at radius 3 is 2.35 bits per heavy atom. The predicted molar refractivity (Wildman–Crippen MR) is 105 cm³/mol. The summed E-state index contributed by atoms with van der Waals surface area (Å²) in [6.07, 6.45) is -4.41.